The van der Waals surface area contributed by atoms with Gasteiger partial charge in [-0.2, -0.15) is 0 Å². The molecule has 1 spiro atoms. The van der Waals surface area contributed by atoms with Gasteiger partial charge in [-0.15, -0.1) is 0 Å². The van der Waals surface area contributed by atoms with Crippen LogP contribution < -0.4 is 18.9 Å². The van der Waals surface area contributed by atoms with Gasteiger partial charge in [0.05, 0.1) is 39.9 Å². The lowest BCUT2D eigenvalue weighted by Gasteiger charge is -2.59. The molecule has 2 aliphatic heterocycles. The Kier molecular flexibility index (Phi) is 7.71. The maximum absolute atomic E-state index is 12.4. The zero-order chi connectivity index (χ0) is 27.9. The van der Waals surface area contributed by atoms with Crippen molar-refractivity contribution in [1.82, 2.24) is 9.80 Å². The minimum absolute atomic E-state index is 0.0174. The predicted molar refractivity (Wildman–Crippen MR) is 149 cm³/mol. The molecule has 8 heteroatoms. The highest BCUT2D eigenvalue weighted by molar-refractivity contribution is 5.70. The van der Waals surface area contributed by atoms with Crippen molar-refractivity contribution >= 4 is 5.97 Å². The Labute approximate surface area is 231 Å². The summed E-state index contributed by atoms with van der Waals surface area (Å²) in [6.45, 7) is 4.92. The summed E-state index contributed by atoms with van der Waals surface area (Å²) in [4.78, 5) is 17.5. The zero-order valence-electron chi connectivity index (χ0n) is 24.1. The number of rotatable bonds is 7. The number of ether oxygens (including phenoxy) is 4. The van der Waals surface area contributed by atoms with E-state index in [-0.39, 0.29) is 23.4 Å². The molecule has 2 aromatic rings. The molecule has 3 aliphatic rings. The van der Waals surface area contributed by atoms with E-state index in [1.807, 2.05) is 0 Å². The number of fused-ring (bicyclic) bond motifs is 3. The van der Waals surface area contributed by atoms with E-state index in [9.17, 15) is 9.90 Å². The Hall–Kier alpha value is -2.97. The molecule has 5 rings (SSSR count). The van der Waals surface area contributed by atoms with Crippen LogP contribution >= 0.6 is 0 Å². The summed E-state index contributed by atoms with van der Waals surface area (Å²) in [5.41, 5.74) is 4.63. The lowest BCUT2D eigenvalue weighted by Crippen LogP contribution is -2.60. The number of carboxylic acids is 1. The second kappa shape index (κ2) is 10.9. The largest absolute Gasteiger partial charge is 0.493 e. The van der Waals surface area contributed by atoms with Crippen LogP contribution in [0, 0.1) is 11.8 Å². The van der Waals surface area contributed by atoms with Gasteiger partial charge in [-0.25, -0.2) is 0 Å². The van der Waals surface area contributed by atoms with Crippen LogP contribution in [0.2, 0.25) is 0 Å². The SMILES string of the molecule is CCN1CCc2cc(OC)c(OC)cc2[C@]12CC[C@H](C(=O)O)C[C@H]2C1c2cc(OC)c(OC)cc2CCN1C. The third kappa shape index (κ3) is 4.42. The van der Waals surface area contributed by atoms with E-state index in [0.717, 1.165) is 56.1 Å². The van der Waals surface area contributed by atoms with Gasteiger partial charge in [-0.05, 0) is 92.2 Å². The smallest absolute Gasteiger partial charge is 0.306 e. The zero-order valence-corrected chi connectivity index (χ0v) is 24.1. The molecule has 8 nitrogen and oxygen atoms in total. The van der Waals surface area contributed by atoms with Gasteiger partial charge >= 0.3 is 5.97 Å². The number of hydrogen-bond acceptors (Lipinski definition) is 7. The third-order valence-corrected chi connectivity index (χ3v) is 9.60. The Bertz CT molecular complexity index is 1230. The Balaban J connectivity index is 1.75. The van der Waals surface area contributed by atoms with Crippen molar-refractivity contribution < 1.29 is 28.8 Å². The van der Waals surface area contributed by atoms with Gasteiger partial charge in [0, 0.05) is 25.0 Å². The van der Waals surface area contributed by atoms with Crippen molar-refractivity contribution in [3.63, 3.8) is 0 Å². The van der Waals surface area contributed by atoms with Gasteiger partial charge in [0.25, 0.3) is 0 Å². The van der Waals surface area contributed by atoms with Gasteiger partial charge in [0.1, 0.15) is 0 Å². The monoisotopic (exact) mass is 538 g/mol. The van der Waals surface area contributed by atoms with Gasteiger partial charge in [-0.3, -0.25) is 14.6 Å². The lowest BCUT2D eigenvalue weighted by atomic mass is 9.58. The van der Waals surface area contributed by atoms with Crippen molar-refractivity contribution in [1.29, 1.82) is 0 Å². The molecule has 0 saturated heterocycles. The van der Waals surface area contributed by atoms with E-state index >= 15 is 0 Å². The molecular formula is C31H42N2O6. The van der Waals surface area contributed by atoms with Crippen LogP contribution in [0.25, 0.3) is 0 Å². The van der Waals surface area contributed by atoms with Crippen molar-refractivity contribution in [3.8, 4) is 23.0 Å². The molecule has 2 aromatic carbocycles. The average Bonchev–Trinajstić information content (AvgIpc) is 2.96. The first-order valence-electron chi connectivity index (χ1n) is 14.0. The van der Waals surface area contributed by atoms with E-state index in [1.54, 1.807) is 28.4 Å². The number of hydrogen-bond donors (Lipinski definition) is 1. The van der Waals surface area contributed by atoms with Crippen LogP contribution in [0.4, 0.5) is 0 Å². The molecule has 1 N–H and O–H groups in total. The lowest BCUT2D eigenvalue weighted by molar-refractivity contribution is -0.148. The first-order chi connectivity index (χ1) is 18.8. The standard InChI is InChI=1S/C31H42N2O6/c1-7-33-13-10-20-16-26(37-4)28(39-6)18-23(20)31(33)11-8-21(30(34)35)14-24(31)29-22-17-27(38-5)25(36-3)15-19(22)9-12-32(29)2/h15-18,21,24,29H,7-14H2,1-6H3,(H,34,35)/t21-,24-,29?,31-/m0/s1. The predicted octanol–water partition coefficient (Wildman–Crippen LogP) is 4.52. The topological polar surface area (TPSA) is 80.7 Å². The molecule has 0 radical (unpaired) electrons. The number of likely N-dealkylation sites (N-methyl/N-ethyl adjacent to an activating group) is 2. The first-order valence-corrected chi connectivity index (χ1v) is 14.0. The van der Waals surface area contributed by atoms with Crippen LogP contribution in [-0.4, -0.2) is 76.0 Å². The molecule has 1 saturated carbocycles. The minimum Gasteiger partial charge on any atom is -0.493 e. The van der Waals surface area contributed by atoms with Crippen LogP contribution in [0.5, 0.6) is 23.0 Å². The first kappa shape index (κ1) is 27.6. The molecule has 4 atom stereocenters. The molecule has 39 heavy (non-hydrogen) atoms. The third-order valence-electron chi connectivity index (χ3n) is 9.60. The normalized spacial score (nSPS) is 27.0. The summed E-state index contributed by atoms with van der Waals surface area (Å²) in [7, 11) is 8.88. The van der Waals surface area contributed by atoms with Gasteiger partial charge in [-0.1, -0.05) is 6.92 Å². The van der Waals surface area contributed by atoms with E-state index in [2.05, 4.69) is 48.0 Å². The van der Waals surface area contributed by atoms with Gasteiger partial charge in [0.2, 0.25) is 0 Å². The highest BCUT2D eigenvalue weighted by Gasteiger charge is 2.56. The summed E-state index contributed by atoms with van der Waals surface area (Å²) < 4.78 is 22.9. The fourth-order valence-electron chi connectivity index (χ4n) is 7.76. The quantitative estimate of drug-likeness (QED) is 0.551. The number of nitrogens with zero attached hydrogens (tertiary/aromatic N) is 2. The molecule has 1 unspecified atom stereocenters. The van der Waals surface area contributed by atoms with E-state index < -0.39 is 5.97 Å². The second-order valence-electron chi connectivity index (χ2n) is 11.1. The summed E-state index contributed by atoms with van der Waals surface area (Å²) in [6, 6.07) is 8.56. The Morgan fingerprint density at radius 1 is 0.923 bits per heavy atom. The number of methoxy groups -OCH3 is 4. The molecular weight excluding hydrogens is 496 g/mol. The number of benzene rings is 2. The van der Waals surface area contributed by atoms with Crippen LogP contribution in [-0.2, 0) is 23.2 Å². The summed E-state index contributed by atoms with van der Waals surface area (Å²) in [5.74, 6) is 1.85. The fraction of sp³-hybridized carbons (Fsp3) is 0.581. The van der Waals surface area contributed by atoms with Crippen molar-refractivity contribution in [2.24, 2.45) is 11.8 Å². The number of carbonyl (C=O) groups is 1. The van der Waals surface area contributed by atoms with Gasteiger partial charge in [0.15, 0.2) is 23.0 Å². The maximum Gasteiger partial charge on any atom is 0.306 e. The van der Waals surface area contributed by atoms with Crippen LogP contribution in [0.3, 0.4) is 0 Å². The fourth-order valence-corrected chi connectivity index (χ4v) is 7.76. The molecule has 0 aromatic heterocycles. The second-order valence-corrected chi connectivity index (χ2v) is 11.1. The summed E-state index contributed by atoms with van der Waals surface area (Å²) >= 11 is 0. The maximum atomic E-state index is 12.4. The van der Waals surface area contributed by atoms with Crippen LogP contribution in [0.15, 0.2) is 24.3 Å². The van der Waals surface area contributed by atoms with Crippen LogP contribution in [0.1, 0.15) is 54.5 Å². The van der Waals surface area contributed by atoms with Gasteiger partial charge < -0.3 is 24.1 Å². The molecule has 2 heterocycles. The average molecular weight is 539 g/mol. The molecule has 0 bridgehead atoms. The molecule has 1 aliphatic carbocycles. The highest BCUT2D eigenvalue weighted by atomic mass is 16.5. The Morgan fingerprint density at radius 3 is 2.13 bits per heavy atom. The number of aliphatic carboxylic acids is 1. The molecule has 212 valence electrons. The van der Waals surface area contributed by atoms with E-state index in [1.165, 1.54) is 22.3 Å². The highest BCUT2D eigenvalue weighted by Crippen LogP contribution is 2.58. The number of carboxylic acid groups (broad SMARTS) is 1. The summed E-state index contributed by atoms with van der Waals surface area (Å²) in [6.07, 6.45) is 3.85. The van der Waals surface area contributed by atoms with E-state index in [0.29, 0.717) is 18.6 Å². The van der Waals surface area contributed by atoms with Crippen molar-refractivity contribution in [3.05, 3.63) is 46.5 Å². The summed E-state index contributed by atoms with van der Waals surface area (Å²) in [5, 5.41) is 10.2. The van der Waals surface area contributed by atoms with Crippen molar-refractivity contribution in [2.75, 3.05) is 55.1 Å². The van der Waals surface area contributed by atoms with E-state index in [4.69, 9.17) is 18.9 Å². The van der Waals surface area contributed by atoms with Crippen molar-refractivity contribution in [2.45, 2.75) is 50.6 Å². The molecule has 0 amide bonds. The molecule has 1 fully saturated rings. The minimum atomic E-state index is -0.702. The Morgan fingerprint density at radius 2 is 1.51 bits per heavy atom.